The zero-order valence-electron chi connectivity index (χ0n) is 12.7. The Kier molecular flexibility index (Phi) is 8.02. The number of rotatable bonds is 9. The standard InChI is InChI=1S/C14H29NO4S/c1-12-6-3-4-7-14(12)19-11-13(16)10-15-8-5-9-20(2,17)18/h12-16H,3-11H2,1-2H3. The highest BCUT2D eigenvalue weighted by Crippen LogP contribution is 2.26. The summed E-state index contributed by atoms with van der Waals surface area (Å²) in [6.07, 6.45) is 6.37. The van der Waals surface area contributed by atoms with Crippen molar-refractivity contribution >= 4 is 9.84 Å². The van der Waals surface area contributed by atoms with E-state index in [1.54, 1.807) is 0 Å². The molecule has 120 valence electrons. The number of ether oxygens (including phenoxy) is 1. The average Bonchev–Trinajstić information content (AvgIpc) is 2.36. The number of nitrogens with one attached hydrogen (secondary N) is 1. The summed E-state index contributed by atoms with van der Waals surface area (Å²) in [6, 6.07) is 0. The molecule has 2 N–H and O–H groups in total. The van der Waals surface area contributed by atoms with E-state index < -0.39 is 15.9 Å². The number of sulfone groups is 1. The molecule has 0 radical (unpaired) electrons. The predicted octanol–water partition coefficient (Wildman–Crippen LogP) is 0.967. The second kappa shape index (κ2) is 8.97. The van der Waals surface area contributed by atoms with Gasteiger partial charge in [-0.25, -0.2) is 8.42 Å². The smallest absolute Gasteiger partial charge is 0.147 e. The van der Waals surface area contributed by atoms with Crippen LogP contribution in [0.1, 0.15) is 39.0 Å². The highest BCUT2D eigenvalue weighted by molar-refractivity contribution is 7.90. The molecule has 0 aromatic rings. The molecule has 5 nitrogen and oxygen atoms in total. The lowest BCUT2D eigenvalue weighted by Gasteiger charge is -2.29. The molecule has 1 saturated carbocycles. The van der Waals surface area contributed by atoms with Gasteiger partial charge in [0.15, 0.2) is 0 Å². The lowest BCUT2D eigenvalue weighted by Crippen LogP contribution is -2.35. The lowest BCUT2D eigenvalue weighted by molar-refractivity contribution is -0.0450. The molecule has 0 aromatic heterocycles. The van der Waals surface area contributed by atoms with E-state index in [0.717, 1.165) is 6.42 Å². The second-order valence-corrected chi connectivity index (χ2v) is 8.23. The molecule has 3 atom stereocenters. The van der Waals surface area contributed by atoms with Gasteiger partial charge in [0.25, 0.3) is 0 Å². The van der Waals surface area contributed by atoms with Crippen molar-refractivity contribution in [1.82, 2.24) is 5.32 Å². The first-order chi connectivity index (χ1) is 9.38. The van der Waals surface area contributed by atoms with Crippen molar-refractivity contribution in [3.05, 3.63) is 0 Å². The Labute approximate surface area is 123 Å². The molecular weight excluding hydrogens is 278 g/mol. The molecule has 6 heteroatoms. The van der Waals surface area contributed by atoms with Crippen LogP contribution >= 0.6 is 0 Å². The largest absolute Gasteiger partial charge is 0.389 e. The molecule has 0 spiro atoms. The SMILES string of the molecule is CC1CCCCC1OCC(O)CNCCCS(C)(=O)=O. The van der Waals surface area contributed by atoms with Crippen molar-refractivity contribution in [2.24, 2.45) is 5.92 Å². The van der Waals surface area contributed by atoms with Crippen molar-refractivity contribution in [3.8, 4) is 0 Å². The normalized spacial score (nSPS) is 25.6. The summed E-state index contributed by atoms with van der Waals surface area (Å²) in [4.78, 5) is 0. The molecule has 1 aliphatic carbocycles. The van der Waals surface area contributed by atoms with Gasteiger partial charge in [-0.05, 0) is 31.7 Å². The lowest BCUT2D eigenvalue weighted by atomic mass is 9.88. The zero-order valence-corrected chi connectivity index (χ0v) is 13.5. The number of hydrogen-bond acceptors (Lipinski definition) is 5. The van der Waals surface area contributed by atoms with Crippen LogP contribution in [-0.4, -0.2) is 57.4 Å². The minimum atomic E-state index is -2.88. The highest BCUT2D eigenvalue weighted by Gasteiger charge is 2.22. The van der Waals surface area contributed by atoms with E-state index in [0.29, 0.717) is 32.0 Å². The first-order valence-electron chi connectivity index (χ1n) is 7.56. The molecular formula is C14H29NO4S. The molecule has 0 aliphatic heterocycles. The maximum Gasteiger partial charge on any atom is 0.147 e. The van der Waals surface area contributed by atoms with E-state index in [4.69, 9.17) is 4.74 Å². The van der Waals surface area contributed by atoms with Gasteiger partial charge in [-0.1, -0.05) is 19.8 Å². The summed E-state index contributed by atoms with van der Waals surface area (Å²) < 4.78 is 27.7. The Morgan fingerprint density at radius 2 is 2.05 bits per heavy atom. The van der Waals surface area contributed by atoms with Crippen molar-refractivity contribution in [2.45, 2.75) is 51.2 Å². The zero-order chi connectivity index (χ0) is 15.0. The third-order valence-electron chi connectivity index (χ3n) is 3.78. The average molecular weight is 307 g/mol. The fourth-order valence-electron chi connectivity index (χ4n) is 2.55. The van der Waals surface area contributed by atoms with Crippen LogP contribution in [0.2, 0.25) is 0 Å². The van der Waals surface area contributed by atoms with Crippen LogP contribution in [0.4, 0.5) is 0 Å². The van der Waals surface area contributed by atoms with Gasteiger partial charge in [0.05, 0.1) is 24.6 Å². The maximum absolute atomic E-state index is 10.9. The Bertz CT molecular complexity index is 358. The molecule has 1 aliphatic rings. The Morgan fingerprint density at radius 3 is 2.70 bits per heavy atom. The van der Waals surface area contributed by atoms with Gasteiger partial charge in [0.1, 0.15) is 9.84 Å². The van der Waals surface area contributed by atoms with Crippen molar-refractivity contribution < 1.29 is 18.3 Å². The van der Waals surface area contributed by atoms with Crippen LogP contribution in [-0.2, 0) is 14.6 Å². The van der Waals surface area contributed by atoms with Gasteiger partial charge in [0.2, 0.25) is 0 Å². The van der Waals surface area contributed by atoms with Gasteiger partial charge in [0, 0.05) is 12.8 Å². The number of aliphatic hydroxyl groups is 1. The number of aliphatic hydroxyl groups excluding tert-OH is 1. The van der Waals surface area contributed by atoms with Gasteiger partial charge in [-0.2, -0.15) is 0 Å². The maximum atomic E-state index is 10.9. The summed E-state index contributed by atoms with van der Waals surface area (Å²) in [5, 5.41) is 12.9. The van der Waals surface area contributed by atoms with Gasteiger partial charge < -0.3 is 15.2 Å². The Morgan fingerprint density at radius 1 is 1.35 bits per heavy atom. The molecule has 0 saturated heterocycles. The molecule has 0 amide bonds. The van der Waals surface area contributed by atoms with Crippen LogP contribution in [0.5, 0.6) is 0 Å². The summed E-state index contributed by atoms with van der Waals surface area (Å²) in [7, 11) is -2.88. The van der Waals surface area contributed by atoms with E-state index >= 15 is 0 Å². The summed E-state index contributed by atoms with van der Waals surface area (Å²) >= 11 is 0. The fourth-order valence-corrected chi connectivity index (χ4v) is 3.22. The van der Waals surface area contributed by atoms with Crippen LogP contribution in [0.3, 0.4) is 0 Å². The monoisotopic (exact) mass is 307 g/mol. The molecule has 0 bridgehead atoms. The van der Waals surface area contributed by atoms with E-state index in [2.05, 4.69) is 12.2 Å². The fraction of sp³-hybridized carbons (Fsp3) is 1.00. The topological polar surface area (TPSA) is 75.6 Å². The van der Waals surface area contributed by atoms with Gasteiger partial charge in [-0.3, -0.25) is 0 Å². The molecule has 20 heavy (non-hydrogen) atoms. The van der Waals surface area contributed by atoms with E-state index in [1.165, 1.54) is 25.5 Å². The minimum absolute atomic E-state index is 0.187. The molecule has 0 heterocycles. The molecule has 0 aromatic carbocycles. The summed E-state index contributed by atoms with van der Waals surface area (Å²) in [5.74, 6) is 0.769. The summed E-state index contributed by atoms with van der Waals surface area (Å²) in [6.45, 7) is 3.61. The van der Waals surface area contributed by atoms with Crippen molar-refractivity contribution in [3.63, 3.8) is 0 Å². The third-order valence-corrected chi connectivity index (χ3v) is 4.81. The van der Waals surface area contributed by atoms with Crippen LogP contribution in [0.15, 0.2) is 0 Å². The molecule has 1 fully saturated rings. The van der Waals surface area contributed by atoms with Crippen molar-refractivity contribution in [2.75, 3.05) is 31.7 Å². The van der Waals surface area contributed by atoms with Crippen molar-refractivity contribution in [1.29, 1.82) is 0 Å². The van der Waals surface area contributed by atoms with Gasteiger partial charge in [-0.15, -0.1) is 0 Å². The molecule has 1 rings (SSSR count). The van der Waals surface area contributed by atoms with E-state index in [-0.39, 0.29) is 11.9 Å². The first-order valence-corrected chi connectivity index (χ1v) is 9.62. The summed E-state index contributed by atoms with van der Waals surface area (Å²) in [5.41, 5.74) is 0. The number of hydrogen-bond donors (Lipinski definition) is 2. The minimum Gasteiger partial charge on any atom is -0.389 e. The van der Waals surface area contributed by atoms with Crippen LogP contribution in [0.25, 0.3) is 0 Å². The van der Waals surface area contributed by atoms with Gasteiger partial charge >= 0.3 is 0 Å². The quantitative estimate of drug-likeness (QED) is 0.621. The Balaban J connectivity index is 2.04. The first kappa shape index (κ1) is 17.9. The second-order valence-electron chi connectivity index (χ2n) is 5.97. The van der Waals surface area contributed by atoms with Crippen LogP contribution < -0.4 is 5.32 Å². The molecule has 3 unspecified atom stereocenters. The van der Waals surface area contributed by atoms with E-state index in [1.807, 2.05) is 0 Å². The van der Waals surface area contributed by atoms with Crippen LogP contribution in [0, 0.1) is 5.92 Å². The Hall–Kier alpha value is -0.170. The van der Waals surface area contributed by atoms with E-state index in [9.17, 15) is 13.5 Å². The third kappa shape index (κ3) is 8.19. The highest BCUT2D eigenvalue weighted by atomic mass is 32.2. The predicted molar refractivity (Wildman–Crippen MR) is 80.6 cm³/mol.